The lowest BCUT2D eigenvalue weighted by atomic mass is 10.1. The highest BCUT2D eigenvalue weighted by Crippen LogP contribution is 2.23. The van der Waals surface area contributed by atoms with Gasteiger partial charge in [0.05, 0.1) is 6.04 Å². The van der Waals surface area contributed by atoms with Crippen molar-refractivity contribution in [2.75, 3.05) is 12.3 Å². The summed E-state index contributed by atoms with van der Waals surface area (Å²) in [4.78, 5) is 24.4. The molecule has 1 atom stereocenters. The Hall–Kier alpha value is -2.08. The van der Waals surface area contributed by atoms with E-state index in [0.29, 0.717) is 17.8 Å². The first kappa shape index (κ1) is 13.4. The van der Waals surface area contributed by atoms with Crippen molar-refractivity contribution in [3.05, 3.63) is 29.3 Å². The molecule has 1 heterocycles. The number of nitrogens with two attached hydrogens (primary N) is 3. The van der Waals surface area contributed by atoms with Crippen LogP contribution in [0, 0.1) is 0 Å². The number of primary amides is 2. The third-order valence-corrected chi connectivity index (χ3v) is 3.50. The zero-order chi connectivity index (χ0) is 14.0. The van der Waals surface area contributed by atoms with Crippen LogP contribution in [0.2, 0.25) is 0 Å². The van der Waals surface area contributed by atoms with Crippen LogP contribution in [-0.2, 0) is 11.3 Å². The number of amides is 2. The Bertz CT molecular complexity index is 515. The maximum absolute atomic E-state index is 11.3. The van der Waals surface area contributed by atoms with Gasteiger partial charge in [0, 0.05) is 17.8 Å². The number of carbonyl (C=O) groups is 2. The number of nitrogen functional groups attached to an aromatic ring is 1. The van der Waals surface area contributed by atoms with Gasteiger partial charge in [-0.05, 0) is 37.1 Å². The Labute approximate surface area is 111 Å². The number of rotatable bonds is 4. The molecule has 1 aromatic carbocycles. The zero-order valence-corrected chi connectivity index (χ0v) is 10.6. The molecule has 0 spiro atoms. The summed E-state index contributed by atoms with van der Waals surface area (Å²) in [7, 11) is 0. The van der Waals surface area contributed by atoms with E-state index in [1.54, 1.807) is 18.2 Å². The predicted octanol–water partition coefficient (Wildman–Crippen LogP) is -0.183. The van der Waals surface area contributed by atoms with Crippen LogP contribution in [0.1, 0.15) is 28.8 Å². The minimum Gasteiger partial charge on any atom is -0.398 e. The van der Waals surface area contributed by atoms with E-state index < -0.39 is 5.91 Å². The maximum atomic E-state index is 11.3. The average Bonchev–Trinajstić information content (AvgIpc) is 2.79. The van der Waals surface area contributed by atoms with Gasteiger partial charge in [-0.2, -0.15) is 0 Å². The molecule has 0 saturated carbocycles. The third kappa shape index (κ3) is 2.85. The number of likely N-dealkylation sites (tertiary alicyclic amines) is 1. The maximum Gasteiger partial charge on any atom is 0.248 e. The highest BCUT2D eigenvalue weighted by Gasteiger charge is 2.29. The van der Waals surface area contributed by atoms with Crippen molar-refractivity contribution in [1.82, 2.24) is 4.90 Å². The van der Waals surface area contributed by atoms with Crippen LogP contribution in [0.4, 0.5) is 5.69 Å². The van der Waals surface area contributed by atoms with E-state index in [1.165, 1.54) is 0 Å². The van der Waals surface area contributed by atoms with E-state index in [4.69, 9.17) is 17.2 Å². The summed E-state index contributed by atoms with van der Waals surface area (Å²) in [6.07, 6.45) is 1.74. The zero-order valence-electron chi connectivity index (χ0n) is 10.6. The number of nitrogens with zero attached hydrogens (tertiary/aromatic N) is 1. The van der Waals surface area contributed by atoms with E-state index in [0.717, 1.165) is 24.9 Å². The second-order valence-corrected chi connectivity index (χ2v) is 4.81. The van der Waals surface area contributed by atoms with Crippen molar-refractivity contribution >= 4 is 17.5 Å². The van der Waals surface area contributed by atoms with Crippen LogP contribution in [0.25, 0.3) is 0 Å². The number of carbonyl (C=O) groups excluding carboxylic acids is 2. The molecule has 102 valence electrons. The molecule has 6 heteroatoms. The summed E-state index contributed by atoms with van der Waals surface area (Å²) in [6.45, 7) is 1.38. The van der Waals surface area contributed by atoms with Gasteiger partial charge in [-0.3, -0.25) is 14.5 Å². The molecule has 19 heavy (non-hydrogen) atoms. The summed E-state index contributed by atoms with van der Waals surface area (Å²) < 4.78 is 0. The monoisotopic (exact) mass is 262 g/mol. The van der Waals surface area contributed by atoms with Crippen LogP contribution in [-0.4, -0.2) is 29.3 Å². The molecular weight excluding hydrogens is 244 g/mol. The Morgan fingerprint density at radius 2 is 2.05 bits per heavy atom. The molecule has 6 N–H and O–H groups in total. The number of benzene rings is 1. The first-order valence-corrected chi connectivity index (χ1v) is 6.20. The van der Waals surface area contributed by atoms with Crippen LogP contribution >= 0.6 is 0 Å². The number of hydrogen-bond acceptors (Lipinski definition) is 4. The van der Waals surface area contributed by atoms with Crippen molar-refractivity contribution in [3.63, 3.8) is 0 Å². The minimum absolute atomic E-state index is 0.227. The molecule has 0 aromatic heterocycles. The van der Waals surface area contributed by atoms with Crippen molar-refractivity contribution in [2.24, 2.45) is 11.5 Å². The lowest BCUT2D eigenvalue weighted by molar-refractivity contribution is -0.122. The first-order chi connectivity index (χ1) is 8.99. The SMILES string of the molecule is NC(=O)c1ccc(CN2CCCC2C(N)=O)c(N)c1. The highest BCUT2D eigenvalue weighted by molar-refractivity contribution is 5.93. The highest BCUT2D eigenvalue weighted by atomic mass is 16.1. The van der Waals surface area contributed by atoms with Gasteiger partial charge in [-0.1, -0.05) is 6.07 Å². The fraction of sp³-hybridized carbons (Fsp3) is 0.385. The average molecular weight is 262 g/mol. The Morgan fingerprint density at radius 3 is 2.63 bits per heavy atom. The molecule has 0 aliphatic carbocycles. The lowest BCUT2D eigenvalue weighted by Crippen LogP contribution is -2.39. The molecule has 1 aliphatic heterocycles. The van der Waals surface area contributed by atoms with Crippen LogP contribution in [0.5, 0.6) is 0 Å². The normalized spacial score (nSPS) is 19.5. The van der Waals surface area contributed by atoms with Gasteiger partial charge in [0.2, 0.25) is 11.8 Å². The molecule has 1 saturated heterocycles. The van der Waals surface area contributed by atoms with E-state index in [-0.39, 0.29) is 11.9 Å². The van der Waals surface area contributed by atoms with E-state index >= 15 is 0 Å². The van der Waals surface area contributed by atoms with Gasteiger partial charge in [0.1, 0.15) is 0 Å². The molecule has 6 nitrogen and oxygen atoms in total. The predicted molar refractivity (Wildman–Crippen MR) is 72.0 cm³/mol. The molecule has 0 radical (unpaired) electrons. The smallest absolute Gasteiger partial charge is 0.248 e. The summed E-state index contributed by atoms with van der Waals surface area (Å²) in [5.41, 5.74) is 18.2. The van der Waals surface area contributed by atoms with Crippen LogP contribution in [0.3, 0.4) is 0 Å². The Kier molecular flexibility index (Phi) is 3.71. The topological polar surface area (TPSA) is 115 Å². The molecule has 1 fully saturated rings. The van der Waals surface area contributed by atoms with Gasteiger partial charge in [-0.15, -0.1) is 0 Å². The largest absolute Gasteiger partial charge is 0.398 e. The molecule has 0 bridgehead atoms. The van der Waals surface area contributed by atoms with Crippen LogP contribution < -0.4 is 17.2 Å². The van der Waals surface area contributed by atoms with Gasteiger partial charge >= 0.3 is 0 Å². The van der Waals surface area contributed by atoms with E-state index in [2.05, 4.69) is 0 Å². The van der Waals surface area contributed by atoms with Gasteiger partial charge in [0.15, 0.2) is 0 Å². The molecule has 1 aliphatic rings. The van der Waals surface area contributed by atoms with Crippen molar-refractivity contribution in [3.8, 4) is 0 Å². The van der Waals surface area contributed by atoms with E-state index in [1.807, 2.05) is 4.90 Å². The van der Waals surface area contributed by atoms with Gasteiger partial charge < -0.3 is 17.2 Å². The molecule has 2 rings (SSSR count). The molecule has 1 aromatic rings. The third-order valence-electron chi connectivity index (χ3n) is 3.50. The molecular formula is C13H18N4O2. The Morgan fingerprint density at radius 1 is 1.32 bits per heavy atom. The summed E-state index contributed by atoms with van der Waals surface area (Å²) in [6, 6.07) is 4.75. The quantitative estimate of drug-likeness (QED) is 0.652. The van der Waals surface area contributed by atoms with Crippen molar-refractivity contribution in [1.29, 1.82) is 0 Å². The Balaban J connectivity index is 2.15. The fourth-order valence-corrected chi connectivity index (χ4v) is 2.45. The first-order valence-electron chi connectivity index (χ1n) is 6.20. The lowest BCUT2D eigenvalue weighted by Gasteiger charge is -2.22. The van der Waals surface area contributed by atoms with Crippen LogP contribution in [0.15, 0.2) is 18.2 Å². The summed E-state index contributed by atoms with van der Waals surface area (Å²) in [5.74, 6) is -0.806. The number of hydrogen-bond donors (Lipinski definition) is 3. The summed E-state index contributed by atoms with van der Waals surface area (Å²) in [5, 5.41) is 0. The van der Waals surface area contributed by atoms with Crippen molar-refractivity contribution in [2.45, 2.75) is 25.4 Å². The fourth-order valence-electron chi connectivity index (χ4n) is 2.45. The number of anilines is 1. The van der Waals surface area contributed by atoms with E-state index in [9.17, 15) is 9.59 Å². The molecule has 2 amide bonds. The van der Waals surface area contributed by atoms with Crippen molar-refractivity contribution < 1.29 is 9.59 Å². The van der Waals surface area contributed by atoms with Gasteiger partial charge in [-0.25, -0.2) is 0 Å². The minimum atomic E-state index is -0.505. The molecule has 1 unspecified atom stereocenters. The van der Waals surface area contributed by atoms with Gasteiger partial charge in [0.25, 0.3) is 0 Å². The second-order valence-electron chi connectivity index (χ2n) is 4.81. The standard InChI is InChI=1S/C13H18N4O2/c14-10-6-8(12(15)18)3-4-9(10)7-17-5-1-2-11(17)13(16)19/h3-4,6,11H,1-2,5,7,14H2,(H2,15,18)(H2,16,19). The second kappa shape index (κ2) is 5.27. The summed E-state index contributed by atoms with van der Waals surface area (Å²) >= 11 is 0.